The van der Waals surface area contributed by atoms with E-state index in [4.69, 9.17) is 4.74 Å². The number of aromatic hydroxyl groups is 1. The number of ether oxygens (including phenoxy) is 1. The van der Waals surface area contributed by atoms with Gasteiger partial charge in [-0.15, -0.1) is 0 Å². The van der Waals surface area contributed by atoms with Crippen molar-refractivity contribution in [1.29, 1.82) is 0 Å². The lowest BCUT2D eigenvalue weighted by molar-refractivity contribution is -0.123. The smallest absolute Gasteiger partial charge is 0.277 e. The predicted molar refractivity (Wildman–Crippen MR) is 125 cm³/mol. The minimum absolute atomic E-state index is 0.108. The number of hydrogen-bond donors (Lipinski definition) is 2. The highest BCUT2D eigenvalue weighted by Crippen LogP contribution is 2.24. The number of hydrogen-bond acceptors (Lipinski definition) is 5. The van der Waals surface area contributed by atoms with Gasteiger partial charge in [0.05, 0.1) is 6.21 Å². The lowest BCUT2D eigenvalue weighted by Gasteiger charge is -2.21. The lowest BCUT2D eigenvalue weighted by Crippen LogP contribution is -2.24. The van der Waals surface area contributed by atoms with Crippen LogP contribution in [-0.2, 0) is 4.79 Å². The summed E-state index contributed by atoms with van der Waals surface area (Å²) in [5.41, 5.74) is 6.07. The molecule has 0 aliphatic carbocycles. The number of phenols is 1. The van der Waals surface area contributed by atoms with Crippen molar-refractivity contribution in [2.45, 2.75) is 13.8 Å². The molecule has 6 heteroatoms. The standard InChI is InChI=1S/C25H27N3O3/c1-3-28(4-2)22-13-10-21(24(29)16-22)17-26-27-25(30)18-31-23-14-11-20(12-15-23)19-8-6-5-7-9-19/h5-17,29H,3-4,18H2,1-2H3,(H,27,30)/b26-17-. The molecule has 0 saturated carbocycles. The first kappa shape index (κ1) is 21.9. The first-order valence-corrected chi connectivity index (χ1v) is 10.3. The van der Waals surface area contributed by atoms with Gasteiger partial charge in [0.15, 0.2) is 6.61 Å². The number of nitrogens with zero attached hydrogens (tertiary/aromatic N) is 2. The Morgan fingerprint density at radius 3 is 2.32 bits per heavy atom. The average molecular weight is 418 g/mol. The SMILES string of the molecule is CCN(CC)c1ccc(/C=N\NC(=O)COc2ccc(-c3ccccc3)cc2)c(O)c1. The molecular weight excluding hydrogens is 390 g/mol. The van der Waals surface area contributed by atoms with E-state index in [1.165, 1.54) is 6.21 Å². The van der Waals surface area contributed by atoms with Crippen LogP contribution >= 0.6 is 0 Å². The van der Waals surface area contributed by atoms with E-state index < -0.39 is 0 Å². The van der Waals surface area contributed by atoms with Crippen molar-refractivity contribution in [3.63, 3.8) is 0 Å². The number of carbonyl (C=O) groups is 1. The molecule has 0 aliphatic heterocycles. The van der Waals surface area contributed by atoms with E-state index in [1.807, 2.05) is 60.7 Å². The maximum Gasteiger partial charge on any atom is 0.277 e. The highest BCUT2D eigenvalue weighted by Gasteiger charge is 2.06. The van der Waals surface area contributed by atoms with Crippen molar-refractivity contribution in [2.24, 2.45) is 5.10 Å². The van der Waals surface area contributed by atoms with Crippen LogP contribution in [0.2, 0.25) is 0 Å². The molecule has 2 N–H and O–H groups in total. The molecule has 6 nitrogen and oxygen atoms in total. The summed E-state index contributed by atoms with van der Waals surface area (Å²) in [5.74, 6) is 0.322. The number of phenolic OH excluding ortho intramolecular Hbond substituents is 1. The molecule has 0 heterocycles. The lowest BCUT2D eigenvalue weighted by atomic mass is 10.1. The van der Waals surface area contributed by atoms with Gasteiger partial charge in [0.25, 0.3) is 5.91 Å². The van der Waals surface area contributed by atoms with Gasteiger partial charge in [0.2, 0.25) is 0 Å². The molecule has 0 fully saturated rings. The third kappa shape index (κ3) is 6.09. The predicted octanol–water partition coefficient (Wildman–Crippen LogP) is 4.43. The molecule has 0 saturated heterocycles. The second-order valence-corrected chi connectivity index (χ2v) is 6.89. The Hall–Kier alpha value is -3.80. The molecular formula is C25H27N3O3. The third-order valence-electron chi connectivity index (χ3n) is 4.87. The van der Waals surface area contributed by atoms with Gasteiger partial charge >= 0.3 is 0 Å². The summed E-state index contributed by atoms with van der Waals surface area (Å²) in [5, 5.41) is 14.1. The zero-order valence-corrected chi connectivity index (χ0v) is 17.8. The summed E-state index contributed by atoms with van der Waals surface area (Å²) in [6.45, 7) is 5.67. The van der Waals surface area contributed by atoms with Gasteiger partial charge in [-0.25, -0.2) is 5.43 Å². The van der Waals surface area contributed by atoms with E-state index in [0.717, 1.165) is 29.9 Å². The van der Waals surface area contributed by atoms with Gasteiger partial charge in [0, 0.05) is 30.4 Å². The van der Waals surface area contributed by atoms with E-state index in [0.29, 0.717) is 11.3 Å². The molecule has 0 atom stereocenters. The van der Waals surface area contributed by atoms with E-state index >= 15 is 0 Å². The van der Waals surface area contributed by atoms with Crippen molar-refractivity contribution >= 4 is 17.8 Å². The maximum absolute atomic E-state index is 12.0. The molecule has 31 heavy (non-hydrogen) atoms. The Kier molecular flexibility index (Phi) is 7.65. The fraction of sp³-hybridized carbons (Fsp3) is 0.200. The van der Waals surface area contributed by atoms with Gasteiger partial charge in [0.1, 0.15) is 11.5 Å². The molecule has 160 valence electrons. The number of amides is 1. The second-order valence-electron chi connectivity index (χ2n) is 6.89. The molecule has 3 aromatic rings. The van der Waals surface area contributed by atoms with Crippen LogP contribution < -0.4 is 15.1 Å². The Bertz CT molecular complexity index is 1010. The summed E-state index contributed by atoms with van der Waals surface area (Å²) < 4.78 is 5.51. The topological polar surface area (TPSA) is 74.2 Å². The quantitative estimate of drug-likeness (QED) is 0.399. The molecule has 3 rings (SSSR count). The maximum atomic E-state index is 12.0. The van der Waals surface area contributed by atoms with Crippen LogP contribution in [0.15, 0.2) is 77.9 Å². The molecule has 0 spiro atoms. The highest BCUT2D eigenvalue weighted by molar-refractivity contribution is 5.86. The van der Waals surface area contributed by atoms with E-state index in [2.05, 4.69) is 29.3 Å². The normalized spacial score (nSPS) is 10.8. The number of hydrazone groups is 1. The Labute approximate surface area is 182 Å². The van der Waals surface area contributed by atoms with E-state index in [9.17, 15) is 9.90 Å². The number of rotatable bonds is 9. The van der Waals surface area contributed by atoms with Gasteiger partial charge in [-0.3, -0.25) is 4.79 Å². The first-order valence-electron chi connectivity index (χ1n) is 10.3. The van der Waals surface area contributed by atoms with E-state index in [-0.39, 0.29) is 18.3 Å². The van der Waals surface area contributed by atoms with Crippen molar-refractivity contribution < 1.29 is 14.6 Å². The van der Waals surface area contributed by atoms with Gasteiger partial charge < -0.3 is 14.7 Å². The van der Waals surface area contributed by atoms with Gasteiger partial charge in [-0.05, 0) is 49.2 Å². The van der Waals surface area contributed by atoms with Gasteiger partial charge in [-0.2, -0.15) is 5.10 Å². The Balaban J connectivity index is 1.49. The van der Waals surface area contributed by atoms with Gasteiger partial charge in [-0.1, -0.05) is 42.5 Å². The Morgan fingerprint density at radius 1 is 1.00 bits per heavy atom. The van der Waals surface area contributed by atoms with Crippen molar-refractivity contribution in [3.8, 4) is 22.6 Å². The minimum atomic E-state index is -0.386. The summed E-state index contributed by atoms with van der Waals surface area (Å²) in [6, 6.07) is 23.0. The Morgan fingerprint density at radius 2 is 1.68 bits per heavy atom. The first-order chi connectivity index (χ1) is 15.1. The molecule has 1 amide bonds. The fourth-order valence-electron chi connectivity index (χ4n) is 3.16. The zero-order chi connectivity index (χ0) is 22.1. The molecule has 0 unspecified atom stereocenters. The van der Waals surface area contributed by atoms with Crippen LogP contribution in [-0.4, -0.2) is 36.9 Å². The second kappa shape index (κ2) is 10.8. The number of nitrogens with one attached hydrogen (secondary N) is 1. The monoisotopic (exact) mass is 417 g/mol. The van der Waals surface area contributed by atoms with Crippen molar-refractivity contribution in [2.75, 3.05) is 24.6 Å². The number of anilines is 1. The minimum Gasteiger partial charge on any atom is -0.507 e. The molecule has 0 radical (unpaired) electrons. The van der Waals surface area contributed by atoms with Crippen molar-refractivity contribution in [1.82, 2.24) is 5.43 Å². The van der Waals surface area contributed by atoms with Crippen LogP contribution in [0.5, 0.6) is 11.5 Å². The summed E-state index contributed by atoms with van der Waals surface area (Å²) >= 11 is 0. The van der Waals surface area contributed by atoms with Crippen LogP contribution in [0.1, 0.15) is 19.4 Å². The molecule has 0 aliphatic rings. The molecule has 0 bridgehead atoms. The summed E-state index contributed by atoms with van der Waals surface area (Å²) in [4.78, 5) is 14.1. The van der Waals surface area contributed by atoms with Crippen molar-refractivity contribution in [3.05, 3.63) is 78.4 Å². The highest BCUT2D eigenvalue weighted by atomic mass is 16.5. The third-order valence-corrected chi connectivity index (χ3v) is 4.87. The summed E-state index contributed by atoms with van der Waals surface area (Å²) in [7, 11) is 0. The van der Waals surface area contributed by atoms with Crippen LogP contribution in [0.4, 0.5) is 5.69 Å². The van der Waals surface area contributed by atoms with Crippen LogP contribution in [0.25, 0.3) is 11.1 Å². The number of carbonyl (C=O) groups excluding carboxylic acids is 1. The van der Waals surface area contributed by atoms with E-state index in [1.54, 1.807) is 12.1 Å². The molecule has 0 aromatic heterocycles. The average Bonchev–Trinajstić information content (AvgIpc) is 2.81. The fourth-order valence-corrected chi connectivity index (χ4v) is 3.16. The largest absolute Gasteiger partial charge is 0.507 e. The zero-order valence-electron chi connectivity index (χ0n) is 17.8. The number of benzene rings is 3. The molecule has 3 aromatic carbocycles. The van der Waals surface area contributed by atoms with Crippen LogP contribution in [0, 0.1) is 0 Å². The van der Waals surface area contributed by atoms with Crippen LogP contribution in [0.3, 0.4) is 0 Å². The summed E-state index contributed by atoms with van der Waals surface area (Å²) in [6.07, 6.45) is 1.41.